The van der Waals surface area contributed by atoms with E-state index < -0.39 is 23.2 Å². The summed E-state index contributed by atoms with van der Waals surface area (Å²) in [7, 11) is 0. The average Bonchev–Trinajstić information content (AvgIpc) is 3.55. The topological polar surface area (TPSA) is 120 Å². The van der Waals surface area contributed by atoms with Crippen LogP contribution in [0.3, 0.4) is 0 Å². The minimum absolute atomic E-state index is 0.129. The molecule has 5 heterocycles. The maximum atomic E-state index is 12.8. The average molecular weight is 537 g/mol. The van der Waals surface area contributed by atoms with Gasteiger partial charge >= 0.3 is 12.1 Å². The zero-order chi connectivity index (χ0) is 25.1. The van der Waals surface area contributed by atoms with E-state index >= 15 is 0 Å². The van der Waals surface area contributed by atoms with Gasteiger partial charge in [-0.3, -0.25) is 9.88 Å². The molecule has 4 aromatic heterocycles. The summed E-state index contributed by atoms with van der Waals surface area (Å²) in [6, 6.07) is 7.13. The Hall–Kier alpha value is -3.14. The van der Waals surface area contributed by atoms with Crippen LogP contribution in [0.5, 0.6) is 0 Å². The van der Waals surface area contributed by atoms with Crippen LogP contribution < -0.4 is 4.90 Å². The van der Waals surface area contributed by atoms with Crippen molar-refractivity contribution < 1.29 is 22.2 Å². The van der Waals surface area contributed by atoms with Crippen LogP contribution in [0, 0.1) is 0 Å². The number of halogens is 3. The first-order valence-corrected chi connectivity index (χ1v) is 13.1. The van der Waals surface area contributed by atoms with Crippen molar-refractivity contribution in [2.24, 2.45) is 0 Å². The van der Waals surface area contributed by atoms with Gasteiger partial charge in [0, 0.05) is 36.9 Å². The van der Waals surface area contributed by atoms with Crippen molar-refractivity contribution in [2.75, 3.05) is 29.5 Å². The van der Waals surface area contributed by atoms with Gasteiger partial charge in [-0.2, -0.15) is 23.3 Å². The summed E-state index contributed by atoms with van der Waals surface area (Å²) in [6.45, 7) is 2.45. The monoisotopic (exact) mass is 536 g/mol. The molecule has 0 N–H and O–H groups in total. The fourth-order valence-electron chi connectivity index (χ4n) is 3.53. The summed E-state index contributed by atoms with van der Waals surface area (Å²) < 4.78 is 54.3. The molecule has 0 aromatic carbocycles. The molecule has 4 aromatic rings. The van der Waals surface area contributed by atoms with Gasteiger partial charge in [-0.05, 0) is 24.3 Å². The van der Waals surface area contributed by atoms with Gasteiger partial charge in [-0.1, -0.05) is 16.3 Å². The number of rotatable bonds is 7. The van der Waals surface area contributed by atoms with Crippen molar-refractivity contribution in [2.45, 2.75) is 19.3 Å². The molecule has 15 heteroatoms. The number of hydrogen-bond donors (Lipinski definition) is 0. The molecule has 0 unspecified atom stereocenters. The fraction of sp³-hybridized carbons (Fsp3) is 0.333. The highest BCUT2D eigenvalue weighted by Gasteiger charge is 2.38. The van der Waals surface area contributed by atoms with E-state index in [2.05, 4.69) is 39.7 Å². The van der Waals surface area contributed by atoms with Crippen LogP contribution in [0.1, 0.15) is 16.5 Å². The minimum Gasteiger partial charge on any atom is -0.616 e. The third kappa shape index (κ3) is 5.80. The molecule has 1 fully saturated rings. The number of anilines is 2. The number of aromatic nitrogens is 6. The minimum atomic E-state index is -4.70. The third-order valence-electron chi connectivity index (χ3n) is 5.33. The quantitative estimate of drug-likeness (QED) is 0.325. The lowest BCUT2D eigenvalue weighted by molar-refractivity contribution is -0.159. The van der Waals surface area contributed by atoms with Gasteiger partial charge in [0.05, 0.1) is 23.3 Å². The number of hydrogen-bond acceptors (Lipinski definition) is 11. The molecule has 0 aliphatic carbocycles. The van der Waals surface area contributed by atoms with Crippen LogP contribution in [0.4, 0.5) is 24.8 Å². The summed E-state index contributed by atoms with van der Waals surface area (Å²) in [5.74, 6) is 0.878. The molecule has 0 saturated carbocycles. The molecule has 188 valence electrons. The smallest absolute Gasteiger partial charge is 0.471 e. The fourth-order valence-corrected chi connectivity index (χ4v) is 5.58. The molecule has 5 rings (SSSR count). The summed E-state index contributed by atoms with van der Waals surface area (Å²) in [4.78, 5) is 17.2. The van der Waals surface area contributed by atoms with Crippen molar-refractivity contribution in [3.05, 3.63) is 59.3 Å². The van der Waals surface area contributed by atoms with Crippen LogP contribution in [0.15, 0.2) is 47.4 Å². The van der Waals surface area contributed by atoms with Crippen LogP contribution in [-0.2, 0) is 30.4 Å². The highest BCUT2D eigenvalue weighted by Crippen LogP contribution is 2.33. The molecule has 0 radical (unpaired) electrons. The van der Waals surface area contributed by atoms with Crippen LogP contribution in [0.2, 0.25) is 0 Å². The highest BCUT2D eigenvalue weighted by atomic mass is 32.2. The van der Waals surface area contributed by atoms with Gasteiger partial charge in [-0.15, -0.1) is 16.4 Å². The standard InChI is InChI=1S/C21H19F3N8O2S2/c22-21(23,24)20-27-19(30-34-20)16-3-2-15(35-16)13-32(18-11-25-5-6-26-18)17-4-1-14(28-29-17)12-31-7-9-36(33)10-8-31/h1-6,11H,7-10,12-13H2. The maximum Gasteiger partial charge on any atom is 0.471 e. The maximum absolute atomic E-state index is 12.8. The first-order valence-electron chi connectivity index (χ1n) is 10.8. The van der Waals surface area contributed by atoms with E-state index in [1.165, 1.54) is 11.3 Å². The molecule has 1 aliphatic rings. The van der Waals surface area contributed by atoms with Crippen molar-refractivity contribution in [1.29, 1.82) is 0 Å². The molecular weight excluding hydrogens is 517 g/mol. The Labute approximate surface area is 210 Å². The second-order valence-corrected chi connectivity index (χ2v) is 10.7. The second-order valence-electron chi connectivity index (χ2n) is 7.84. The second kappa shape index (κ2) is 10.5. The molecule has 0 amide bonds. The van der Waals surface area contributed by atoms with Crippen molar-refractivity contribution in [3.63, 3.8) is 0 Å². The highest BCUT2D eigenvalue weighted by molar-refractivity contribution is 7.91. The van der Waals surface area contributed by atoms with Crippen molar-refractivity contribution in [1.82, 2.24) is 35.2 Å². The van der Waals surface area contributed by atoms with E-state index in [4.69, 9.17) is 0 Å². The molecular formula is C21H19F3N8O2S2. The van der Waals surface area contributed by atoms with E-state index in [0.717, 1.165) is 23.7 Å². The first kappa shape index (κ1) is 24.5. The van der Waals surface area contributed by atoms with Gasteiger partial charge in [-0.25, -0.2) is 4.98 Å². The normalized spacial score (nSPS) is 15.3. The van der Waals surface area contributed by atoms with E-state index in [1.807, 2.05) is 12.1 Å². The third-order valence-corrected chi connectivity index (χ3v) is 7.67. The van der Waals surface area contributed by atoms with Crippen LogP contribution in [0.25, 0.3) is 10.7 Å². The van der Waals surface area contributed by atoms with Gasteiger partial charge in [0.1, 0.15) is 11.5 Å². The molecule has 0 bridgehead atoms. The first-order chi connectivity index (χ1) is 17.3. The van der Waals surface area contributed by atoms with Gasteiger partial charge < -0.3 is 14.0 Å². The Bertz CT molecular complexity index is 1280. The lowest BCUT2D eigenvalue weighted by atomic mass is 10.3. The van der Waals surface area contributed by atoms with Crippen molar-refractivity contribution >= 4 is 34.1 Å². The SMILES string of the molecule is [O-][S+]1CCN(Cc2ccc(N(Cc3ccc(-c4noc(C(F)(F)F)n4)s3)c3cnccn3)nn2)CC1. The Morgan fingerprint density at radius 3 is 2.58 bits per heavy atom. The largest absolute Gasteiger partial charge is 0.616 e. The zero-order valence-corrected chi connectivity index (χ0v) is 20.3. The Morgan fingerprint density at radius 2 is 1.92 bits per heavy atom. The van der Waals surface area contributed by atoms with E-state index in [-0.39, 0.29) is 5.82 Å². The van der Waals surface area contributed by atoms with E-state index in [9.17, 15) is 17.7 Å². The van der Waals surface area contributed by atoms with Gasteiger partial charge in [0.2, 0.25) is 5.82 Å². The Morgan fingerprint density at radius 1 is 1.08 bits per heavy atom. The predicted octanol–water partition coefficient (Wildman–Crippen LogP) is 3.30. The van der Waals surface area contributed by atoms with E-state index in [0.29, 0.717) is 41.1 Å². The Balaban J connectivity index is 1.34. The molecule has 1 aliphatic heterocycles. The summed E-state index contributed by atoms with van der Waals surface area (Å²) in [5.41, 5.74) is 0.793. The van der Waals surface area contributed by atoms with E-state index in [1.54, 1.807) is 35.6 Å². The molecule has 0 spiro atoms. The van der Waals surface area contributed by atoms with Gasteiger partial charge in [0.15, 0.2) is 11.6 Å². The Kier molecular flexibility index (Phi) is 7.13. The zero-order valence-electron chi connectivity index (χ0n) is 18.6. The van der Waals surface area contributed by atoms with Crippen molar-refractivity contribution in [3.8, 4) is 10.7 Å². The predicted molar refractivity (Wildman–Crippen MR) is 126 cm³/mol. The number of alkyl halides is 3. The van der Waals surface area contributed by atoms with Gasteiger partial charge in [0.25, 0.3) is 0 Å². The summed E-state index contributed by atoms with van der Waals surface area (Å²) >= 11 is 0.490. The lowest BCUT2D eigenvalue weighted by Gasteiger charge is -2.27. The summed E-state index contributed by atoms with van der Waals surface area (Å²) in [6.07, 6.45) is 0.000598. The molecule has 36 heavy (non-hydrogen) atoms. The molecule has 1 saturated heterocycles. The lowest BCUT2D eigenvalue weighted by Crippen LogP contribution is -2.39. The van der Waals surface area contributed by atoms with Crippen LogP contribution in [-0.4, -0.2) is 64.4 Å². The molecule has 10 nitrogen and oxygen atoms in total. The number of nitrogens with zero attached hydrogens (tertiary/aromatic N) is 8. The number of thiophene rings is 1. The summed E-state index contributed by atoms with van der Waals surface area (Å²) in [5, 5.41) is 12.2. The van der Waals surface area contributed by atoms with Crippen LogP contribution >= 0.6 is 11.3 Å². The molecule has 0 atom stereocenters.